The van der Waals surface area contributed by atoms with Gasteiger partial charge in [-0.15, -0.1) is 0 Å². The van der Waals surface area contributed by atoms with Gasteiger partial charge in [0.05, 0.1) is 12.3 Å². The summed E-state index contributed by atoms with van der Waals surface area (Å²) in [5.74, 6) is 2.44. The van der Waals surface area contributed by atoms with Crippen molar-refractivity contribution in [3.63, 3.8) is 0 Å². The number of hydrogen-bond donors (Lipinski definition) is 2. The second-order valence-electron chi connectivity index (χ2n) is 6.57. The van der Waals surface area contributed by atoms with E-state index in [2.05, 4.69) is 26.7 Å². The van der Waals surface area contributed by atoms with Gasteiger partial charge in [-0.05, 0) is 42.8 Å². The molecule has 3 rings (SSSR count). The number of para-hydroxylation sites is 1. The van der Waals surface area contributed by atoms with Crippen molar-refractivity contribution in [3.8, 4) is 11.5 Å². The van der Waals surface area contributed by atoms with E-state index >= 15 is 0 Å². The lowest BCUT2D eigenvalue weighted by molar-refractivity contribution is 0.301. The fraction of sp³-hybridized carbons (Fsp3) is 0.250. The van der Waals surface area contributed by atoms with Crippen LogP contribution in [0.2, 0.25) is 0 Å². The van der Waals surface area contributed by atoms with Crippen LogP contribution in [0.25, 0.3) is 0 Å². The van der Waals surface area contributed by atoms with E-state index in [-0.39, 0.29) is 0 Å². The summed E-state index contributed by atoms with van der Waals surface area (Å²) in [4.78, 5) is 8.56. The maximum absolute atomic E-state index is 5.78. The smallest absolute Gasteiger partial charge is 0.191 e. The molecule has 0 atom stereocenters. The van der Waals surface area contributed by atoms with Crippen LogP contribution >= 0.6 is 0 Å². The van der Waals surface area contributed by atoms with Crippen LogP contribution in [0.4, 0.5) is 0 Å². The van der Waals surface area contributed by atoms with Crippen molar-refractivity contribution in [1.29, 1.82) is 0 Å². The molecule has 0 bridgehead atoms. The normalized spacial score (nSPS) is 11.1. The molecule has 0 fully saturated rings. The highest BCUT2D eigenvalue weighted by Gasteiger charge is 2.04. The van der Waals surface area contributed by atoms with Gasteiger partial charge in [0, 0.05) is 31.9 Å². The quantitative estimate of drug-likeness (QED) is 0.418. The van der Waals surface area contributed by atoms with Crippen LogP contribution in [0.3, 0.4) is 0 Å². The Morgan fingerprint density at radius 3 is 2.40 bits per heavy atom. The number of guanidine groups is 1. The molecule has 0 spiro atoms. The van der Waals surface area contributed by atoms with Crippen LogP contribution in [0.1, 0.15) is 23.7 Å². The Bertz CT molecular complexity index is 927. The molecule has 6 nitrogen and oxygen atoms in total. The van der Waals surface area contributed by atoms with Crippen LogP contribution in [-0.2, 0) is 19.7 Å². The van der Waals surface area contributed by atoms with E-state index in [0.717, 1.165) is 34.3 Å². The van der Waals surface area contributed by atoms with Crippen molar-refractivity contribution < 1.29 is 9.47 Å². The lowest BCUT2D eigenvalue weighted by Gasteiger charge is -2.14. The van der Waals surface area contributed by atoms with Crippen LogP contribution in [0, 0.1) is 0 Å². The zero-order valence-electron chi connectivity index (χ0n) is 17.5. The fourth-order valence-corrected chi connectivity index (χ4v) is 2.88. The van der Waals surface area contributed by atoms with Gasteiger partial charge in [-0.3, -0.25) is 9.98 Å². The molecule has 0 aliphatic rings. The molecule has 0 radical (unpaired) electrons. The molecule has 156 valence electrons. The van der Waals surface area contributed by atoms with Crippen molar-refractivity contribution in [2.75, 3.05) is 13.7 Å². The first-order chi connectivity index (χ1) is 14.8. The maximum Gasteiger partial charge on any atom is 0.191 e. The molecular formula is C24H28N4O2. The number of aromatic nitrogens is 1. The Kier molecular flexibility index (Phi) is 8.09. The van der Waals surface area contributed by atoms with Crippen molar-refractivity contribution in [2.24, 2.45) is 4.99 Å². The second-order valence-corrected chi connectivity index (χ2v) is 6.57. The minimum absolute atomic E-state index is 0.457. The number of nitrogens with zero attached hydrogens (tertiary/aromatic N) is 2. The standard InChI is InChI=1S/C24H28N4O2/c1-3-29-23-10-5-4-8-20(23)17-28-24(25-2)27-16-19-11-13-22(14-12-19)30-18-21-9-6-7-15-26-21/h4-15H,3,16-18H2,1-2H3,(H2,25,27,28). The number of ether oxygens (including phenoxy) is 2. The van der Waals surface area contributed by atoms with Gasteiger partial charge >= 0.3 is 0 Å². The average Bonchev–Trinajstić information content (AvgIpc) is 2.80. The fourth-order valence-electron chi connectivity index (χ4n) is 2.88. The van der Waals surface area contributed by atoms with E-state index in [1.807, 2.05) is 67.6 Å². The number of nitrogens with one attached hydrogen (secondary N) is 2. The third-order valence-electron chi connectivity index (χ3n) is 4.44. The summed E-state index contributed by atoms with van der Waals surface area (Å²) in [5.41, 5.74) is 3.14. The third kappa shape index (κ3) is 6.51. The summed E-state index contributed by atoms with van der Waals surface area (Å²) in [5, 5.41) is 6.66. The number of pyridine rings is 1. The van der Waals surface area contributed by atoms with E-state index in [9.17, 15) is 0 Å². The lowest BCUT2D eigenvalue weighted by Crippen LogP contribution is -2.36. The van der Waals surface area contributed by atoms with Gasteiger partial charge in [0.2, 0.25) is 0 Å². The van der Waals surface area contributed by atoms with Gasteiger partial charge in [-0.2, -0.15) is 0 Å². The van der Waals surface area contributed by atoms with Crippen LogP contribution in [-0.4, -0.2) is 24.6 Å². The van der Waals surface area contributed by atoms with Gasteiger partial charge in [0.15, 0.2) is 5.96 Å². The molecular weight excluding hydrogens is 376 g/mol. The molecule has 6 heteroatoms. The van der Waals surface area contributed by atoms with E-state index in [4.69, 9.17) is 9.47 Å². The number of hydrogen-bond acceptors (Lipinski definition) is 4. The average molecular weight is 405 g/mol. The van der Waals surface area contributed by atoms with Gasteiger partial charge in [-0.25, -0.2) is 0 Å². The Morgan fingerprint density at radius 2 is 1.67 bits per heavy atom. The largest absolute Gasteiger partial charge is 0.494 e. The Morgan fingerprint density at radius 1 is 0.900 bits per heavy atom. The second kappa shape index (κ2) is 11.5. The lowest BCUT2D eigenvalue weighted by atomic mass is 10.2. The van der Waals surface area contributed by atoms with Crippen LogP contribution in [0.5, 0.6) is 11.5 Å². The third-order valence-corrected chi connectivity index (χ3v) is 4.44. The Hall–Kier alpha value is -3.54. The molecule has 2 aromatic carbocycles. The molecule has 1 heterocycles. The Labute approximate surface area is 178 Å². The molecule has 3 aromatic rings. The maximum atomic E-state index is 5.78. The zero-order chi connectivity index (χ0) is 21.0. The highest BCUT2D eigenvalue weighted by molar-refractivity contribution is 5.79. The topological polar surface area (TPSA) is 67.8 Å². The van der Waals surface area contributed by atoms with Gasteiger partial charge < -0.3 is 20.1 Å². The van der Waals surface area contributed by atoms with Crippen molar-refractivity contribution >= 4 is 5.96 Å². The summed E-state index contributed by atoms with van der Waals surface area (Å²) in [7, 11) is 1.76. The molecule has 2 N–H and O–H groups in total. The molecule has 0 saturated heterocycles. The van der Waals surface area contributed by atoms with Gasteiger partial charge in [0.25, 0.3) is 0 Å². The molecule has 0 amide bonds. The van der Waals surface area contributed by atoms with Crippen molar-refractivity contribution in [1.82, 2.24) is 15.6 Å². The molecule has 1 aromatic heterocycles. The number of benzene rings is 2. The molecule has 30 heavy (non-hydrogen) atoms. The summed E-state index contributed by atoms with van der Waals surface area (Å²) in [6, 6.07) is 21.8. The van der Waals surface area contributed by atoms with Crippen molar-refractivity contribution in [2.45, 2.75) is 26.6 Å². The molecule has 0 saturated carbocycles. The summed E-state index contributed by atoms with van der Waals surface area (Å²) >= 11 is 0. The predicted molar refractivity (Wildman–Crippen MR) is 120 cm³/mol. The first kappa shape index (κ1) is 21.2. The monoisotopic (exact) mass is 404 g/mol. The molecule has 0 aliphatic heterocycles. The van der Waals surface area contributed by atoms with Crippen molar-refractivity contribution in [3.05, 3.63) is 89.7 Å². The first-order valence-corrected chi connectivity index (χ1v) is 10.1. The van der Waals surface area contributed by atoms with Crippen LogP contribution in [0.15, 0.2) is 77.9 Å². The van der Waals surface area contributed by atoms with E-state index in [0.29, 0.717) is 26.3 Å². The summed E-state index contributed by atoms with van der Waals surface area (Å²) < 4.78 is 11.5. The summed E-state index contributed by atoms with van der Waals surface area (Å²) in [6.45, 7) is 4.38. The van der Waals surface area contributed by atoms with Crippen LogP contribution < -0.4 is 20.1 Å². The van der Waals surface area contributed by atoms with E-state index in [1.165, 1.54) is 0 Å². The molecule has 0 aliphatic carbocycles. The molecule has 0 unspecified atom stereocenters. The van der Waals surface area contributed by atoms with E-state index in [1.54, 1.807) is 13.2 Å². The summed E-state index contributed by atoms with van der Waals surface area (Å²) in [6.07, 6.45) is 1.77. The minimum Gasteiger partial charge on any atom is -0.494 e. The minimum atomic E-state index is 0.457. The number of aliphatic imine (C=N–C) groups is 1. The highest BCUT2D eigenvalue weighted by atomic mass is 16.5. The number of rotatable bonds is 9. The van der Waals surface area contributed by atoms with E-state index < -0.39 is 0 Å². The Balaban J connectivity index is 1.47. The highest BCUT2D eigenvalue weighted by Crippen LogP contribution is 2.17. The first-order valence-electron chi connectivity index (χ1n) is 10.1. The van der Waals surface area contributed by atoms with Gasteiger partial charge in [-0.1, -0.05) is 36.4 Å². The van der Waals surface area contributed by atoms with Gasteiger partial charge in [0.1, 0.15) is 18.1 Å². The predicted octanol–water partition coefficient (Wildman–Crippen LogP) is 3.92. The zero-order valence-corrected chi connectivity index (χ0v) is 17.5. The SMILES string of the molecule is CCOc1ccccc1CNC(=NC)NCc1ccc(OCc2ccccn2)cc1.